The van der Waals surface area contributed by atoms with Crippen LogP contribution in [0.1, 0.15) is 27.7 Å². The minimum absolute atomic E-state index is 0.351. The number of rotatable bonds is 5. The first kappa shape index (κ1) is 13.5. The van der Waals surface area contributed by atoms with Crippen molar-refractivity contribution in [2.24, 2.45) is 11.5 Å². The highest BCUT2D eigenvalue weighted by Crippen LogP contribution is 2.24. The highest BCUT2D eigenvalue weighted by molar-refractivity contribution is 6.38. The summed E-state index contributed by atoms with van der Waals surface area (Å²) >= 11 is 0. The van der Waals surface area contributed by atoms with Crippen molar-refractivity contribution in [1.82, 2.24) is 0 Å². The third kappa shape index (κ3) is 3.70. The SMILES string of the molecule is CC(C)(O)C(C)(C)OB/C(=C/N)CN. The molecule has 0 bridgehead atoms. The Bertz CT molecular complexity index is 209. The maximum atomic E-state index is 9.80. The lowest BCUT2D eigenvalue weighted by Crippen LogP contribution is -2.48. The van der Waals surface area contributed by atoms with Gasteiger partial charge in [-0.15, -0.1) is 0 Å². The molecule has 0 heterocycles. The Labute approximate surface area is 86.6 Å². The molecule has 0 atom stereocenters. The van der Waals surface area contributed by atoms with E-state index in [1.807, 2.05) is 13.8 Å². The van der Waals surface area contributed by atoms with Gasteiger partial charge in [0.25, 0.3) is 0 Å². The zero-order valence-electron chi connectivity index (χ0n) is 9.50. The lowest BCUT2D eigenvalue weighted by Gasteiger charge is -2.37. The van der Waals surface area contributed by atoms with Gasteiger partial charge in [-0.25, -0.2) is 0 Å². The normalized spacial score (nSPS) is 14.3. The zero-order valence-corrected chi connectivity index (χ0v) is 9.50. The molecule has 0 aliphatic heterocycles. The molecule has 0 saturated heterocycles. The average molecular weight is 200 g/mol. The van der Waals surface area contributed by atoms with Crippen LogP contribution < -0.4 is 11.5 Å². The topological polar surface area (TPSA) is 81.5 Å². The summed E-state index contributed by atoms with van der Waals surface area (Å²) in [5, 5.41) is 9.80. The van der Waals surface area contributed by atoms with Gasteiger partial charge in [-0.2, -0.15) is 0 Å². The monoisotopic (exact) mass is 200 g/mol. The average Bonchev–Trinajstić information content (AvgIpc) is 2.04. The minimum Gasteiger partial charge on any atom is -0.427 e. The fraction of sp³-hybridized carbons (Fsp3) is 0.778. The summed E-state index contributed by atoms with van der Waals surface area (Å²) in [6.45, 7) is 7.45. The molecule has 0 unspecified atom stereocenters. The number of aliphatic hydroxyl groups is 1. The molecule has 0 aromatic carbocycles. The maximum Gasteiger partial charge on any atom is 0.308 e. The molecule has 0 saturated carbocycles. The van der Waals surface area contributed by atoms with Crippen LogP contribution in [0.4, 0.5) is 0 Å². The second-order valence-corrected chi connectivity index (χ2v) is 4.39. The van der Waals surface area contributed by atoms with Gasteiger partial charge in [0.2, 0.25) is 0 Å². The smallest absolute Gasteiger partial charge is 0.308 e. The van der Waals surface area contributed by atoms with E-state index in [0.29, 0.717) is 14.0 Å². The van der Waals surface area contributed by atoms with Crippen LogP contribution in [-0.2, 0) is 4.65 Å². The van der Waals surface area contributed by atoms with Gasteiger partial charge in [-0.1, -0.05) is 0 Å². The van der Waals surface area contributed by atoms with Gasteiger partial charge in [-0.05, 0) is 39.4 Å². The van der Waals surface area contributed by atoms with Crippen LogP contribution in [0.2, 0.25) is 0 Å². The van der Waals surface area contributed by atoms with Crippen molar-refractivity contribution in [3.8, 4) is 0 Å². The van der Waals surface area contributed by atoms with Crippen molar-refractivity contribution in [3.05, 3.63) is 11.7 Å². The Morgan fingerprint density at radius 2 is 1.93 bits per heavy atom. The summed E-state index contributed by atoms with van der Waals surface area (Å²) in [5.41, 5.74) is 10.1. The predicted molar refractivity (Wildman–Crippen MR) is 59.9 cm³/mol. The van der Waals surface area contributed by atoms with Crippen molar-refractivity contribution in [2.45, 2.75) is 38.9 Å². The number of hydrogen-bond acceptors (Lipinski definition) is 4. The molecule has 0 fully saturated rings. The van der Waals surface area contributed by atoms with E-state index in [1.165, 1.54) is 6.20 Å². The standard InChI is InChI=1S/C9H21BN2O2/c1-8(2,13)9(3,4)14-10-7(5-11)6-12/h5,10,13H,6,11-12H2,1-4H3/b7-5+. The van der Waals surface area contributed by atoms with Crippen molar-refractivity contribution in [1.29, 1.82) is 0 Å². The summed E-state index contributed by atoms with van der Waals surface area (Å²) < 4.78 is 5.56. The summed E-state index contributed by atoms with van der Waals surface area (Å²) in [6, 6.07) is 0. The Hall–Kier alpha value is -0.515. The van der Waals surface area contributed by atoms with Gasteiger partial charge in [0.1, 0.15) is 0 Å². The minimum atomic E-state index is -0.901. The van der Waals surface area contributed by atoms with E-state index in [1.54, 1.807) is 13.8 Å². The van der Waals surface area contributed by atoms with Crippen molar-refractivity contribution in [2.75, 3.05) is 6.54 Å². The van der Waals surface area contributed by atoms with Crippen LogP contribution in [0.25, 0.3) is 0 Å². The summed E-state index contributed by atoms with van der Waals surface area (Å²) in [5.74, 6) is 0. The van der Waals surface area contributed by atoms with E-state index in [2.05, 4.69) is 0 Å². The molecule has 82 valence electrons. The van der Waals surface area contributed by atoms with Crippen LogP contribution in [0.15, 0.2) is 11.7 Å². The highest BCUT2D eigenvalue weighted by atomic mass is 16.5. The molecule has 0 aromatic rings. The van der Waals surface area contributed by atoms with E-state index in [9.17, 15) is 5.11 Å². The molecule has 5 heteroatoms. The van der Waals surface area contributed by atoms with Crippen molar-refractivity contribution >= 4 is 7.48 Å². The first-order valence-corrected chi connectivity index (χ1v) is 4.70. The van der Waals surface area contributed by atoms with E-state index in [-0.39, 0.29) is 0 Å². The molecular formula is C9H21BN2O2. The van der Waals surface area contributed by atoms with Gasteiger partial charge in [0, 0.05) is 6.54 Å². The Kier molecular flexibility index (Phi) is 4.64. The lowest BCUT2D eigenvalue weighted by atomic mass is 9.82. The molecule has 0 radical (unpaired) electrons. The van der Waals surface area contributed by atoms with Gasteiger partial charge in [-0.3, -0.25) is 0 Å². The third-order valence-corrected chi connectivity index (χ3v) is 2.59. The lowest BCUT2D eigenvalue weighted by molar-refractivity contribution is -0.0897. The molecule has 0 rings (SSSR count). The molecule has 0 aliphatic carbocycles. The first-order chi connectivity index (χ1) is 6.24. The van der Waals surface area contributed by atoms with Gasteiger partial charge in [0.05, 0.1) is 11.2 Å². The molecule has 0 amide bonds. The van der Waals surface area contributed by atoms with Gasteiger partial charge >= 0.3 is 7.48 Å². The van der Waals surface area contributed by atoms with Crippen LogP contribution in [0.5, 0.6) is 0 Å². The van der Waals surface area contributed by atoms with Crippen LogP contribution in [0, 0.1) is 0 Å². The van der Waals surface area contributed by atoms with E-state index in [4.69, 9.17) is 16.1 Å². The molecule has 4 nitrogen and oxygen atoms in total. The maximum absolute atomic E-state index is 9.80. The van der Waals surface area contributed by atoms with Crippen LogP contribution in [0.3, 0.4) is 0 Å². The molecular weight excluding hydrogens is 179 g/mol. The van der Waals surface area contributed by atoms with Crippen molar-refractivity contribution in [3.63, 3.8) is 0 Å². The number of nitrogens with two attached hydrogens (primary N) is 2. The molecule has 0 aliphatic rings. The predicted octanol–water partition coefficient (Wildman–Crippen LogP) is -0.337. The zero-order chi connectivity index (χ0) is 11.4. The summed E-state index contributed by atoms with van der Waals surface area (Å²) in [7, 11) is 0.351. The van der Waals surface area contributed by atoms with Crippen molar-refractivity contribution < 1.29 is 9.76 Å². The summed E-state index contributed by atoms with van der Waals surface area (Å²) in [6.07, 6.45) is 1.44. The van der Waals surface area contributed by atoms with Crippen LogP contribution >= 0.6 is 0 Å². The van der Waals surface area contributed by atoms with E-state index < -0.39 is 11.2 Å². The quantitative estimate of drug-likeness (QED) is 0.530. The highest BCUT2D eigenvalue weighted by Gasteiger charge is 2.35. The molecule has 14 heavy (non-hydrogen) atoms. The van der Waals surface area contributed by atoms with Gasteiger partial charge in [0.15, 0.2) is 0 Å². The fourth-order valence-electron chi connectivity index (χ4n) is 0.625. The van der Waals surface area contributed by atoms with Gasteiger partial charge < -0.3 is 21.2 Å². The second-order valence-electron chi connectivity index (χ2n) is 4.39. The molecule has 0 aromatic heterocycles. The largest absolute Gasteiger partial charge is 0.427 e. The number of hydrogen-bond donors (Lipinski definition) is 3. The van der Waals surface area contributed by atoms with E-state index in [0.717, 1.165) is 5.47 Å². The third-order valence-electron chi connectivity index (χ3n) is 2.59. The second kappa shape index (κ2) is 4.82. The Morgan fingerprint density at radius 1 is 1.43 bits per heavy atom. The molecule has 5 N–H and O–H groups in total. The Balaban J connectivity index is 4.26. The van der Waals surface area contributed by atoms with E-state index >= 15 is 0 Å². The Morgan fingerprint density at radius 3 is 2.21 bits per heavy atom. The summed E-state index contributed by atoms with van der Waals surface area (Å²) in [4.78, 5) is 0. The van der Waals surface area contributed by atoms with Crippen LogP contribution in [-0.4, -0.2) is 30.3 Å². The molecule has 0 spiro atoms. The first-order valence-electron chi connectivity index (χ1n) is 4.70. The fourth-order valence-corrected chi connectivity index (χ4v) is 0.625.